The number of carbonyl (C=O) groups excluding carboxylic acids is 1. The molecule has 0 spiro atoms. The first-order valence-corrected chi connectivity index (χ1v) is 9.08. The molecule has 0 fully saturated rings. The molecule has 0 aliphatic rings. The van der Waals surface area contributed by atoms with Crippen molar-refractivity contribution < 1.29 is 27.8 Å². The number of methoxy groups -OCH3 is 3. The summed E-state index contributed by atoms with van der Waals surface area (Å²) in [5, 5.41) is 0. The molecule has 0 unspecified atom stereocenters. The SMILES string of the molecule is COCCn1c(=NC(=O)c2cc(OC)cc(OC)c2)sc2cc(F)cc(F)c21. The van der Waals surface area contributed by atoms with Crippen molar-refractivity contribution in [1.82, 2.24) is 4.57 Å². The molecule has 1 aromatic heterocycles. The third-order valence-corrected chi connectivity index (χ3v) is 5.04. The highest BCUT2D eigenvalue weighted by Crippen LogP contribution is 2.24. The van der Waals surface area contributed by atoms with Crippen molar-refractivity contribution in [3.05, 3.63) is 52.3 Å². The molecule has 0 atom stereocenters. The molecule has 0 bridgehead atoms. The van der Waals surface area contributed by atoms with Gasteiger partial charge in [0.15, 0.2) is 10.6 Å². The topological polar surface area (TPSA) is 62.1 Å². The van der Waals surface area contributed by atoms with Gasteiger partial charge in [-0.15, -0.1) is 0 Å². The fraction of sp³-hybridized carbons (Fsp3) is 0.263. The zero-order chi connectivity index (χ0) is 20.3. The van der Waals surface area contributed by atoms with Crippen molar-refractivity contribution in [1.29, 1.82) is 0 Å². The molecule has 0 saturated carbocycles. The number of nitrogens with zero attached hydrogens (tertiary/aromatic N) is 2. The van der Waals surface area contributed by atoms with Crippen molar-refractivity contribution in [2.75, 3.05) is 27.9 Å². The van der Waals surface area contributed by atoms with Crippen LogP contribution in [0.15, 0.2) is 35.3 Å². The Morgan fingerprint density at radius 3 is 2.36 bits per heavy atom. The fourth-order valence-electron chi connectivity index (χ4n) is 2.69. The lowest BCUT2D eigenvalue weighted by atomic mass is 10.2. The van der Waals surface area contributed by atoms with E-state index in [1.54, 1.807) is 6.07 Å². The average molecular weight is 408 g/mol. The van der Waals surface area contributed by atoms with Gasteiger partial charge >= 0.3 is 0 Å². The molecule has 2 aromatic carbocycles. The van der Waals surface area contributed by atoms with Crippen LogP contribution in [-0.2, 0) is 11.3 Å². The van der Waals surface area contributed by atoms with E-state index in [-0.39, 0.29) is 29.0 Å². The quantitative estimate of drug-likeness (QED) is 0.627. The van der Waals surface area contributed by atoms with Crippen LogP contribution >= 0.6 is 11.3 Å². The molecule has 0 saturated heterocycles. The molecule has 0 N–H and O–H groups in total. The maximum Gasteiger partial charge on any atom is 0.279 e. The number of thiazole rings is 1. The van der Waals surface area contributed by atoms with Gasteiger partial charge in [0.2, 0.25) is 0 Å². The Morgan fingerprint density at radius 1 is 1.07 bits per heavy atom. The minimum atomic E-state index is -0.723. The number of hydrogen-bond donors (Lipinski definition) is 0. The van der Waals surface area contributed by atoms with Crippen LogP contribution in [-0.4, -0.2) is 38.4 Å². The van der Waals surface area contributed by atoms with Crippen LogP contribution in [0.25, 0.3) is 10.2 Å². The van der Waals surface area contributed by atoms with E-state index in [4.69, 9.17) is 14.2 Å². The summed E-state index contributed by atoms with van der Waals surface area (Å²) in [4.78, 5) is 17.1. The zero-order valence-electron chi connectivity index (χ0n) is 15.5. The van der Waals surface area contributed by atoms with Crippen LogP contribution in [0.3, 0.4) is 0 Å². The third kappa shape index (κ3) is 4.05. The predicted octanol–water partition coefficient (Wildman–Crippen LogP) is 3.39. The Kier molecular flexibility index (Phi) is 6.05. The number of carbonyl (C=O) groups is 1. The highest BCUT2D eigenvalue weighted by Gasteiger charge is 2.15. The van der Waals surface area contributed by atoms with Crippen molar-refractivity contribution in [2.45, 2.75) is 6.54 Å². The number of fused-ring (bicyclic) bond motifs is 1. The molecule has 1 amide bonds. The van der Waals surface area contributed by atoms with Gasteiger partial charge in [0.1, 0.15) is 17.3 Å². The van der Waals surface area contributed by atoms with Crippen LogP contribution < -0.4 is 14.3 Å². The summed E-state index contributed by atoms with van der Waals surface area (Å²) in [6.07, 6.45) is 0. The number of hydrogen-bond acceptors (Lipinski definition) is 5. The second-order valence-electron chi connectivity index (χ2n) is 5.78. The van der Waals surface area contributed by atoms with Crippen LogP contribution in [0.5, 0.6) is 11.5 Å². The third-order valence-electron chi connectivity index (χ3n) is 4.01. The van der Waals surface area contributed by atoms with Gasteiger partial charge in [-0.05, 0) is 18.2 Å². The summed E-state index contributed by atoms with van der Waals surface area (Å²) >= 11 is 1.02. The van der Waals surface area contributed by atoms with E-state index in [0.29, 0.717) is 16.2 Å². The van der Waals surface area contributed by atoms with Crippen LogP contribution in [0, 0.1) is 11.6 Å². The molecule has 9 heteroatoms. The highest BCUT2D eigenvalue weighted by atomic mass is 32.1. The summed E-state index contributed by atoms with van der Waals surface area (Å²) in [5.74, 6) is -1.10. The van der Waals surface area contributed by atoms with E-state index in [0.717, 1.165) is 17.4 Å². The summed E-state index contributed by atoms with van der Waals surface area (Å²) < 4.78 is 45.2. The molecular weight excluding hydrogens is 390 g/mol. The Labute approximate surface area is 163 Å². The predicted molar refractivity (Wildman–Crippen MR) is 101 cm³/mol. The maximum absolute atomic E-state index is 14.4. The first-order chi connectivity index (χ1) is 13.5. The maximum atomic E-state index is 14.4. The van der Waals surface area contributed by atoms with Gasteiger partial charge in [-0.25, -0.2) is 8.78 Å². The van der Waals surface area contributed by atoms with E-state index in [9.17, 15) is 13.6 Å². The van der Waals surface area contributed by atoms with Crippen LogP contribution in [0.4, 0.5) is 8.78 Å². The van der Waals surface area contributed by atoms with E-state index in [2.05, 4.69) is 4.99 Å². The van der Waals surface area contributed by atoms with E-state index in [1.165, 1.54) is 44.1 Å². The highest BCUT2D eigenvalue weighted by molar-refractivity contribution is 7.16. The summed E-state index contributed by atoms with van der Waals surface area (Å²) in [7, 11) is 4.46. The lowest BCUT2D eigenvalue weighted by molar-refractivity contribution is 0.0996. The number of benzene rings is 2. The Hall–Kier alpha value is -2.78. The van der Waals surface area contributed by atoms with Crippen molar-refractivity contribution in [2.24, 2.45) is 4.99 Å². The number of halogens is 2. The smallest absolute Gasteiger partial charge is 0.279 e. The molecule has 0 radical (unpaired) electrons. The monoisotopic (exact) mass is 408 g/mol. The molecule has 28 heavy (non-hydrogen) atoms. The first-order valence-electron chi connectivity index (χ1n) is 8.26. The summed E-state index contributed by atoms with van der Waals surface area (Å²) in [6.45, 7) is 0.531. The average Bonchev–Trinajstić information content (AvgIpc) is 3.02. The minimum absolute atomic E-state index is 0.179. The van der Waals surface area contributed by atoms with Gasteiger partial charge < -0.3 is 18.8 Å². The van der Waals surface area contributed by atoms with E-state index >= 15 is 0 Å². The van der Waals surface area contributed by atoms with Crippen molar-refractivity contribution >= 4 is 27.5 Å². The number of rotatable bonds is 6. The molecule has 3 rings (SSSR count). The van der Waals surface area contributed by atoms with E-state index in [1.807, 2.05) is 0 Å². The standard InChI is InChI=1S/C19H18F2N2O4S/c1-25-5-4-23-17-15(21)8-12(20)9-16(17)28-19(23)22-18(24)11-6-13(26-2)10-14(7-11)27-3/h6-10H,4-5H2,1-3H3. The second-order valence-corrected chi connectivity index (χ2v) is 6.79. The minimum Gasteiger partial charge on any atom is -0.497 e. The lowest BCUT2D eigenvalue weighted by Gasteiger charge is -2.07. The zero-order valence-corrected chi connectivity index (χ0v) is 16.3. The largest absolute Gasteiger partial charge is 0.497 e. The van der Waals surface area contributed by atoms with Gasteiger partial charge in [0, 0.05) is 31.4 Å². The lowest BCUT2D eigenvalue weighted by Crippen LogP contribution is -2.20. The van der Waals surface area contributed by atoms with Crippen molar-refractivity contribution in [3.63, 3.8) is 0 Å². The van der Waals surface area contributed by atoms with Gasteiger partial charge in [0.25, 0.3) is 5.91 Å². The fourth-order valence-corrected chi connectivity index (χ4v) is 3.78. The Balaban J connectivity index is 2.15. The van der Waals surface area contributed by atoms with E-state index < -0.39 is 17.5 Å². The van der Waals surface area contributed by atoms with Gasteiger partial charge in [-0.3, -0.25) is 4.79 Å². The van der Waals surface area contributed by atoms with Crippen LogP contribution in [0.1, 0.15) is 10.4 Å². The van der Waals surface area contributed by atoms with Gasteiger partial charge in [-0.2, -0.15) is 4.99 Å². The molecule has 148 valence electrons. The number of amides is 1. The number of aromatic nitrogens is 1. The molecule has 0 aliphatic heterocycles. The number of ether oxygens (including phenoxy) is 3. The van der Waals surface area contributed by atoms with Crippen LogP contribution in [0.2, 0.25) is 0 Å². The molecule has 3 aromatic rings. The normalized spacial score (nSPS) is 11.8. The first kappa shape index (κ1) is 20.0. The van der Waals surface area contributed by atoms with Gasteiger partial charge in [-0.1, -0.05) is 11.3 Å². The van der Waals surface area contributed by atoms with Gasteiger partial charge in [0.05, 0.1) is 31.0 Å². The van der Waals surface area contributed by atoms with Crippen molar-refractivity contribution in [3.8, 4) is 11.5 Å². The molecule has 6 nitrogen and oxygen atoms in total. The Bertz CT molecular complexity index is 1070. The Morgan fingerprint density at radius 2 is 1.75 bits per heavy atom. The summed E-state index contributed by atoms with van der Waals surface area (Å²) in [5.41, 5.74) is 0.428. The molecule has 1 heterocycles. The second kappa shape index (κ2) is 8.49. The summed E-state index contributed by atoms with van der Waals surface area (Å²) in [6, 6.07) is 6.71. The molecule has 0 aliphatic carbocycles. The molecular formula is C19H18F2N2O4S.